The molecule has 5 atom stereocenters. The molecule has 0 N–H and O–H groups in total. The van der Waals surface area contributed by atoms with Gasteiger partial charge in [0.15, 0.2) is 23.0 Å². The van der Waals surface area contributed by atoms with Crippen molar-refractivity contribution in [2.45, 2.75) is 57.3 Å². The minimum atomic E-state index is -0.764. The van der Waals surface area contributed by atoms with E-state index in [2.05, 4.69) is 12.2 Å². The van der Waals surface area contributed by atoms with Gasteiger partial charge >= 0.3 is 17.9 Å². The minimum Gasteiger partial charge on any atom is -0.460 e. The van der Waals surface area contributed by atoms with Crippen LogP contribution in [0.15, 0.2) is 72.9 Å². The van der Waals surface area contributed by atoms with Gasteiger partial charge in [0.2, 0.25) is 13.6 Å². The number of allylic oxidation sites excluding steroid dienone is 2. The van der Waals surface area contributed by atoms with Crippen molar-refractivity contribution in [1.29, 1.82) is 0 Å². The van der Waals surface area contributed by atoms with E-state index in [4.69, 9.17) is 33.2 Å². The summed E-state index contributed by atoms with van der Waals surface area (Å²) >= 11 is 0. The van der Waals surface area contributed by atoms with Crippen molar-refractivity contribution in [2.75, 3.05) is 13.6 Å². The van der Waals surface area contributed by atoms with E-state index in [9.17, 15) is 14.4 Å². The topological polar surface area (TPSA) is 116 Å². The molecule has 3 heterocycles. The Balaban J connectivity index is 1.16. The smallest absolute Gasteiger partial charge is 0.331 e. The van der Waals surface area contributed by atoms with Gasteiger partial charge < -0.3 is 33.2 Å². The van der Waals surface area contributed by atoms with Crippen LogP contribution in [0, 0.1) is 11.8 Å². The van der Waals surface area contributed by atoms with Crippen molar-refractivity contribution >= 4 is 30.1 Å². The minimum absolute atomic E-state index is 0.0508. The van der Waals surface area contributed by atoms with Crippen LogP contribution in [0.4, 0.5) is 0 Å². The maximum Gasteiger partial charge on any atom is 0.331 e. The molecule has 1 fully saturated rings. The number of cyclic esters (lactones) is 1. The van der Waals surface area contributed by atoms with Crippen LogP contribution in [0.2, 0.25) is 0 Å². The molecule has 0 aromatic heterocycles. The number of ether oxygens (including phenoxy) is 7. The molecular weight excluding hydrogens is 592 g/mol. The van der Waals surface area contributed by atoms with Crippen molar-refractivity contribution in [3.63, 3.8) is 0 Å². The van der Waals surface area contributed by atoms with Gasteiger partial charge in [0, 0.05) is 24.1 Å². The fourth-order valence-corrected chi connectivity index (χ4v) is 6.02. The third-order valence-corrected chi connectivity index (χ3v) is 8.30. The molecule has 10 heteroatoms. The van der Waals surface area contributed by atoms with Crippen molar-refractivity contribution in [3.05, 3.63) is 84.0 Å². The molecule has 240 valence electrons. The lowest BCUT2D eigenvalue weighted by Crippen LogP contribution is -2.27. The van der Waals surface area contributed by atoms with Crippen LogP contribution < -0.4 is 18.9 Å². The molecule has 3 aliphatic heterocycles. The van der Waals surface area contributed by atoms with E-state index >= 15 is 0 Å². The largest absolute Gasteiger partial charge is 0.460 e. The first-order valence-electron chi connectivity index (χ1n) is 15.5. The van der Waals surface area contributed by atoms with Gasteiger partial charge in [0.1, 0.15) is 12.2 Å². The Morgan fingerprint density at radius 1 is 0.804 bits per heavy atom. The van der Waals surface area contributed by atoms with Crippen molar-refractivity contribution in [1.82, 2.24) is 0 Å². The average Bonchev–Trinajstić information content (AvgIpc) is 3.80. The first-order valence-corrected chi connectivity index (χ1v) is 15.5. The van der Waals surface area contributed by atoms with Crippen LogP contribution in [-0.4, -0.2) is 49.8 Å². The molecule has 1 saturated carbocycles. The molecule has 0 amide bonds. The number of rotatable bonds is 6. The molecule has 0 radical (unpaired) electrons. The monoisotopic (exact) mass is 628 g/mol. The van der Waals surface area contributed by atoms with Crippen molar-refractivity contribution in [3.8, 4) is 23.0 Å². The third kappa shape index (κ3) is 7.99. The van der Waals surface area contributed by atoms with Gasteiger partial charge in [0.05, 0.1) is 6.10 Å². The summed E-state index contributed by atoms with van der Waals surface area (Å²) in [6, 6.07) is 10.8. The fourth-order valence-electron chi connectivity index (χ4n) is 6.02. The Kier molecular flexibility index (Phi) is 9.71. The highest BCUT2D eigenvalue weighted by Gasteiger charge is 2.40. The summed E-state index contributed by atoms with van der Waals surface area (Å²) in [6.07, 6.45) is 15.1. The highest BCUT2D eigenvalue weighted by Crippen LogP contribution is 2.40. The highest BCUT2D eigenvalue weighted by molar-refractivity contribution is 5.88. The molecule has 0 bridgehead atoms. The molecule has 2 aromatic carbocycles. The Labute approximate surface area is 267 Å². The normalized spacial score (nSPS) is 26.8. The summed E-state index contributed by atoms with van der Waals surface area (Å²) in [6.45, 7) is 2.19. The number of hydrogen-bond donors (Lipinski definition) is 0. The molecular formula is C36H36O10. The molecule has 10 nitrogen and oxygen atoms in total. The van der Waals surface area contributed by atoms with Gasteiger partial charge in [-0.3, -0.25) is 0 Å². The molecule has 1 aliphatic carbocycles. The number of benzene rings is 2. The predicted octanol–water partition coefficient (Wildman–Crippen LogP) is 5.95. The number of esters is 3. The van der Waals surface area contributed by atoms with Crippen LogP contribution >= 0.6 is 0 Å². The summed E-state index contributed by atoms with van der Waals surface area (Å²) in [5.41, 5.74) is 1.52. The lowest BCUT2D eigenvalue weighted by atomic mass is 9.89. The van der Waals surface area contributed by atoms with Gasteiger partial charge in [-0.1, -0.05) is 24.3 Å². The molecule has 2 aromatic rings. The number of hydrogen-bond acceptors (Lipinski definition) is 10. The van der Waals surface area contributed by atoms with E-state index < -0.39 is 30.1 Å². The first-order chi connectivity index (χ1) is 22.4. The van der Waals surface area contributed by atoms with E-state index in [1.807, 2.05) is 19.1 Å². The average molecular weight is 629 g/mol. The summed E-state index contributed by atoms with van der Waals surface area (Å²) in [7, 11) is 0. The molecule has 0 unspecified atom stereocenters. The SMILES string of the molecule is C[C@H]1CCC/C=C/[C@@H]2C[C@H](OC(=O)/C=C/c3ccc4c(c3)OCO4)C[C@H]2[C@H](OC(=O)/C=C/c2ccc3c(c2)OCO3)/C=C/C(=O)O1. The standard InChI is InChI=1S/C36H36O10/c1-23-5-3-2-4-6-26-19-27(45-35(38)14-9-24-7-11-30-32(17-24)42-21-40-30)20-28(26)29(13-16-34(37)44-23)46-36(39)15-10-25-8-12-31-33(18-25)43-22-41-31/h4,6-18,23,26-29H,2-3,5,19-22H2,1H3/b6-4+,14-9+,15-10+,16-13+/t23-,26+,27-,28+,29+/m0/s1. The Bertz CT molecular complexity index is 1570. The predicted molar refractivity (Wildman–Crippen MR) is 167 cm³/mol. The van der Waals surface area contributed by atoms with Gasteiger partial charge in [0.25, 0.3) is 0 Å². The van der Waals surface area contributed by atoms with E-state index in [0.717, 1.165) is 30.4 Å². The second-order valence-corrected chi connectivity index (χ2v) is 11.6. The van der Waals surface area contributed by atoms with Crippen LogP contribution in [0.3, 0.4) is 0 Å². The van der Waals surface area contributed by atoms with E-state index in [0.29, 0.717) is 35.8 Å². The van der Waals surface area contributed by atoms with Crippen LogP contribution in [0.25, 0.3) is 12.2 Å². The summed E-state index contributed by atoms with van der Waals surface area (Å²) in [4.78, 5) is 38.5. The third-order valence-electron chi connectivity index (χ3n) is 8.30. The quantitative estimate of drug-likeness (QED) is 0.165. The van der Waals surface area contributed by atoms with Gasteiger partial charge in [-0.15, -0.1) is 0 Å². The molecule has 4 aliphatic rings. The number of fused-ring (bicyclic) bond motifs is 3. The van der Waals surface area contributed by atoms with Crippen molar-refractivity contribution in [2.24, 2.45) is 11.8 Å². The van der Waals surface area contributed by atoms with Crippen molar-refractivity contribution < 1.29 is 47.5 Å². The van der Waals surface area contributed by atoms with Gasteiger partial charge in [-0.25, -0.2) is 14.4 Å². The fraction of sp³-hybridized carbons (Fsp3) is 0.361. The highest BCUT2D eigenvalue weighted by atomic mass is 16.7. The summed E-state index contributed by atoms with van der Waals surface area (Å²) < 4.78 is 38.8. The molecule has 6 rings (SSSR count). The maximum absolute atomic E-state index is 13.1. The number of carbonyl (C=O) groups is 3. The Morgan fingerprint density at radius 2 is 1.43 bits per heavy atom. The van der Waals surface area contributed by atoms with Crippen LogP contribution in [0.5, 0.6) is 23.0 Å². The van der Waals surface area contributed by atoms with E-state index in [-0.39, 0.29) is 31.5 Å². The van der Waals surface area contributed by atoms with Crippen LogP contribution in [0.1, 0.15) is 50.2 Å². The van der Waals surface area contributed by atoms with Crippen LogP contribution in [-0.2, 0) is 28.6 Å². The van der Waals surface area contributed by atoms with E-state index in [1.165, 1.54) is 18.2 Å². The zero-order chi connectivity index (χ0) is 31.9. The molecule has 46 heavy (non-hydrogen) atoms. The first kappa shape index (κ1) is 31.0. The zero-order valence-electron chi connectivity index (χ0n) is 25.5. The van der Waals surface area contributed by atoms with Gasteiger partial charge in [-0.05, 0) is 98.6 Å². The van der Waals surface area contributed by atoms with E-state index in [1.54, 1.807) is 42.5 Å². The second kappa shape index (κ2) is 14.4. The molecule has 0 spiro atoms. The molecule has 0 saturated heterocycles. The summed E-state index contributed by atoms with van der Waals surface area (Å²) in [5, 5.41) is 0. The van der Waals surface area contributed by atoms with Gasteiger partial charge in [-0.2, -0.15) is 0 Å². The second-order valence-electron chi connectivity index (χ2n) is 11.6. The zero-order valence-corrected chi connectivity index (χ0v) is 25.5. The number of carbonyl (C=O) groups excluding carboxylic acids is 3. The maximum atomic E-state index is 13.1. The lowest BCUT2D eigenvalue weighted by Gasteiger charge is -2.24. The Hall–Kier alpha value is -4.99. The lowest BCUT2D eigenvalue weighted by molar-refractivity contribution is -0.146. The summed E-state index contributed by atoms with van der Waals surface area (Å²) in [5.74, 6) is 0.702. The Morgan fingerprint density at radius 3 is 2.11 bits per heavy atom.